The molecule has 1 unspecified atom stereocenters. The van der Waals surface area contributed by atoms with Gasteiger partial charge in [-0.2, -0.15) is 5.48 Å². The zero-order valence-corrected chi connectivity index (χ0v) is 8.60. The third kappa shape index (κ3) is 4.34. The summed E-state index contributed by atoms with van der Waals surface area (Å²) in [6.07, 6.45) is 0.942. The van der Waals surface area contributed by atoms with Gasteiger partial charge in [-0.05, 0) is 34.1 Å². The van der Waals surface area contributed by atoms with Crippen LogP contribution in [0.5, 0.6) is 0 Å². The number of nitrogens with one attached hydrogen (secondary N) is 1. The molecule has 1 N–H and O–H groups in total. The number of carbonyl (C=O) groups is 1. The molecule has 0 radical (unpaired) electrons. The average Bonchev–Trinajstić information content (AvgIpc) is 1.97. The molecule has 0 aliphatic carbocycles. The summed E-state index contributed by atoms with van der Waals surface area (Å²) in [7, 11) is 0. The molecule has 0 fully saturated rings. The number of hydroxylamine groups is 1. The molecule has 0 heterocycles. The van der Waals surface area contributed by atoms with Gasteiger partial charge in [-0.1, -0.05) is 6.92 Å². The minimum Gasteiger partial charge on any atom is -0.370 e. The van der Waals surface area contributed by atoms with E-state index in [9.17, 15) is 4.79 Å². The first kappa shape index (κ1) is 11.4. The summed E-state index contributed by atoms with van der Waals surface area (Å²) in [6.45, 7) is 9.48. The third-order valence-corrected chi connectivity index (χ3v) is 1.58. The first-order chi connectivity index (χ1) is 5.38. The van der Waals surface area contributed by atoms with E-state index in [1.54, 1.807) is 0 Å². The minimum absolute atomic E-state index is 0.219. The van der Waals surface area contributed by atoms with Gasteiger partial charge in [-0.25, -0.2) is 4.79 Å². The van der Waals surface area contributed by atoms with E-state index in [0.29, 0.717) is 0 Å². The highest BCUT2D eigenvalue weighted by molar-refractivity contribution is 5.75. The molecule has 0 rings (SSSR count). The van der Waals surface area contributed by atoms with Gasteiger partial charge in [0.2, 0.25) is 0 Å². The summed E-state index contributed by atoms with van der Waals surface area (Å²) in [5.41, 5.74) is 2.26. The molecule has 3 nitrogen and oxygen atoms in total. The molecule has 1 atom stereocenters. The summed E-state index contributed by atoms with van der Waals surface area (Å²) in [4.78, 5) is 16.1. The van der Waals surface area contributed by atoms with E-state index in [2.05, 4.69) is 5.48 Å². The van der Waals surface area contributed by atoms with Crippen molar-refractivity contribution in [1.29, 1.82) is 0 Å². The molecule has 3 heteroatoms. The van der Waals surface area contributed by atoms with Gasteiger partial charge in [0.1, 0.15) is 0 Å². The van der Waals surface area contributed by atoms with Gasteiger partial charge in [0.25, 0.3) is 0 Å². The molecule has 0 aromatic heterocycles. The molecule has 0 saturated heterocycles. The molecule has 0 saturated carbocycles. The van der Waals surface area contributed by atoms with Crippen molar-refractivity contribution >= 4 is 5.97 Å². The average molecular weight is 173 g/mol. The van der Waals surface area contributed by atoms with Crippen LogP contribution < -0.4 is 5.48 Å². The van der Waals surface area contributed by atoms with Crippen LogP contribution in [0.1, 0.15) is 41.0 Å². The number of hydrogen-bond donors (Lipinski definition) is 1. The summed E-state index contributed by atoms with van der Waals surface area (Å²) in [6, 6.07) is 0.219. The summed E-state index contributed by atoms with van der Waals surface area (Å²) in [5.74, 6) is -0.220. The van der Waals surface area contributed by atoms with Gasteiger partial charge in [-0.3, -0.25) is 0 Å². The highest BCUT2D eigenvalue weighted by Crippen LogP contribution is 2.14. The standard InChI is InChI=1S/C9H19NO2/c1-6-7(2)10-12-8(11)9(3,4)5/h7,10H,6H2,1-5H3. The lowest BCUT2D eigenvalue weighted by Crippen LogP contribution is -2.34. The Hall–Kier alpha value is -0.570. The largest absolute Gasteiger partial charge is 0.370 e. The van der Waals surface area contributed by atoms with Crippen molar-refractivity contribution in [2.24, 2.45) is 5.41 Å². The Bertz CT molecular complexity index is 149. The molecule has 0 aromatic carbocycles. The van der Waals surface area contributed by atoms with Gasteiger partial charge in [0.15, 0.2) is 0 Å². The summed E-state index contributed by atoms with van der Waals surface area (Å²) >= 11 is 0. The molecule has 0 bridgehead atoms. The second kappa shape index (κ2) is 4.45. The maximum absolute atomic E-state index is 11.2. The molecule has 0 aromatic rings. The van der Waals surface area contributed by atoms with Crippen molar-refractivity contribution in [2.75, 3.05) is 0 Å². The maximum Gasteiger partial charge on any atom is 0.329 e. The van der Waals surface area contributed by atoms with Crippen molar-refractivity contribution in [1.82, 2.24) is 5.48 Å². The normalized spacial score (nSPS) is 14.1. The zero-order chi connectivity index (χ0) is 9.78. The molecular formula is C9H19NO2. The Morgan fingerprint density at radius 2 is 2.00 bits per heavy atom. The Morgan fingerprint density at radius 3 is 2.33 bits per heavy atom. The predicted octanol–water partition coefficient (Wildman–Crippen LogP) is 1.88. The fourth-order valence-electron chi connectivity index (χ4n) is 0.391. The topological polar surface area (TPSA) is 38.3 Å². The van der Waals surface area contributed by atoms with Gasteiger partial charge >= 0.3 is 5.97 Å². The number of hydrogen-bond acceptors (Lipinski definition) is 3. The quantitative estimate of drug-likeness (QED) is 0.662. The van der Waals surface area contributed by atoms with Gasteiger partial charge < -0.3 is 4.84 Å². The Labute approximate surface area is 74.4 Å². The van der Waals surface area contributed by atoms with Crippen molar-refractivity contribution in [2.45, 2.75) is 47.1 Å². The zero-order valence-electron chi connectivity index (χ0n) is 8.60. The van der Waals surface area contributed by atoms with Crippen molar-refractivity contribution in [3.63, 3.8) is 0 Å². The molecule has 12 heavy (non-hydrogen) atoms. The first-order valence-corrected chi connectivity index (χ1v) is 4.34. The van der Waals surface area contributed by atoms with E-state index >= 15 is 0 Å². The van der Waals surface area contributed by atoms with E-state index in [1.165, 1.54) is 0 Å². The first-order valence-electron chi connectivity index (χ1n) is 4.34. The van der Waals surface area contributed by atoms with Crippen LogP contribution in [0.25, 0.3) is 0 Å². The molecule has 72 valence electrons. The monoisotopic (exact) mass is 173 g/mol. The Morgan fingerprint density at radius 1 is 1.50 bits per heavy atom. The lowest BCUT2D eigenvalue weighted by atomic mass is 9.98. The van der Waals surface area contributed by atoms with Gasteiger partial charge in [0, 0.05) is 6.04 Å². The van der Waals surface area contributed by atoms with E-state index in [0.717, 1.165) is 6.42 Å². The van der Waals surface area contributed by atoms with Crippen LogP contribution in [-0.4, -0.2) is 12.0 Å². The van der Waals surface area contributed by atoms with Crippen molar-refractivity contribution in [3.05, 3.63) is 0 Å². The smallest absolute Gasteiger partial charge is 0.329 e. The maximum atomic E-state index is 11.2. The Kier molecular flexibility index (Phi) is 4.24. The SMILES string of the molecule is CCC(C)NOC(=O)C(C)(C)C. The fourth-order valence-corrected chi connectivity index (χ4v) is 0.391. The Balaban J connectivity index is 3.73. The molecule has 0 spiro atoms. The van der Waals surface area contributed by atoms with Crippen LogP contribution >= 0.6 is 0 Å². The minimum atomic E-state index is -0.430. The fraction of sp³-hybridized carbons (Fsp3) is 0.889. The predicted molar refractivity (Wildman–Crippen MR) is 48.4 cm³/mol. The van der Waals surface area contributed by atoms with Crippen molar-refractivity contribution < 1.29 is 9.63 Å². The molecular weight excluding hydrogens is 154 g/mol. The van der Waals surface area contributed by atoms with E-state index in [-0.39, 0.29) is 12.0 Å². The van der Waals surface area contributed by atoms with Crippen LogP contribution in [0.15, 0.2) is 0 Å². The van der Waals surface area contributed by atoms with Crippen LogP contribution in [0.2, 0.25) is 0 Å². The second-order valence-corrected chi connectivity index (χ2v) is 4.07. The second-order valence-electron chi connectivity index (χ2n) is 4.07. The molecule has 0 amide bonds. The van der Waals surface area contributed by atoms with Crippen LogP contribution in [0.4, 0.5) is 0 Å². The van der Waals surface area contributed by atoms with Gasteiger partial charge in [0.05, 0.1) is 5.41 Å². The van der Waals surface area contributed by atoms with Crippen LogP contribution in [0, 0.1) is 5.41 Å². The number of rotatable bonds is 3. The van der Waals surface area contributed by atoms with Crippen LogP contribution in [0.3, 0.4) is 0 Å². The van der Waals surface area contributed by atoms with Gasteiger partial charge in [-0.15, -0.1) is 0 Å². The summed E-state index contributed by atoms with van der Waals surface area (Å²) < 4.78 is 0. The number of carbonyl (C=O) groups excluding carboxylic acids is 1. The summed E-state index contributed by atoms with van der Waals surface area (Å²) in [5, 5.41) is 0. The highest BCUT2D eigenvalue weighted by atomic mass is 16.7. The molecule has 0 aliphatic heterocycles. The van der Waals surface area contributed by atoms with Crippen LogP contribution in [-0.2, 0) is 9.63 Å². The van der Waals surface area contributed by atoms with E-state index in [4.69, 9.17) is 4.84 Å². The van der Waals surface area contributed by atoms with Crippen molar-refractivity contribution in [3.8, 4) is 0 Å². The van der Waals surface area contributed by atoms with E-state index < -0.39 is 5.41 Å². The third-order valence-electron chi connectivity index (χ3n) is 1.58. The molecule has 0 aliphatic rings. The highest BCUT2D eigenvalue weighted by Gasteiger charge is 2.23. The lowest BCUT2D eigenvalue weighted by molar-refractivity contribution is -0.162. The lowest BCUT2D eigenvalue weighted by Gasteiger charge is -2.18. The van der Waals surface area contributed by atoms with E-state index in [1.807, 2.05) is 34.6 Å².